The van der Waals surface area contributed by atoms with Crippen molar-refractivity contribution in [2.75, 3.05) is 24.6 Å². The zero-order valence-electron chi connectivity index (χ0n) is 17.1. The van der Waals surface area contributed by atoms with Crippen LogP contribution in [-0.2, 0) is 16.4 Å². The number of nitrogen functional groups attached to an aromatic ring is 1. The fourth-order valence-electron chi connectivity index (χ4n) is 3.12. The number of nitrogens with zero attached hydrogens (tertiary/aromatic N) is 4. The molecule has 2 aromatic carbocycles. The molecule has 1 aromatic heterocycles. The van der Waals surface area contributed by atoms with Gasteiger partial charge in [-0.25, -0.2) is 17.8 Å². The molecule has 3 rings (SSSR count). The monoisotopic (exact) mass is 455 g/mol. The normalized spacial score (nSPS) is 11.1. The van der Waals surface area contributed by atoms with E-state index < -0.39 is 14.9 Å². The molecule has 0 saturated carbocycles. The molecule has 0 aliphatic carbocycles. The molecule has 166 valence electrons. The number of nitriles is 1. The Balaban J connectivity index is 1.72. The Bertz CT molecular complexity index is 1280. The van der Waals surface area contributed by atoms with E-state index >= 15 is 0 Å². The summed E-state index contributed by atoms with van der Waals surface area (Å²) in [4.78, 5) is 10.5. The lowest BCUT2D eigenvalue weighted by molar-refractivity contribution is -0.384. The standard InChI is InChI=1S/C20H21N7O4S/c1-23-32(30,31)15-9-10-18(19(12-15)27(28)29)24-11-5-8-17-16(13-21)20(22)26(25-17)14-6-3-2-4-7-14/h2-4,6-7,9-10,12,23-24H,5,8,11,22H2,1H3. The second kappa shape index (κ2) is 9.46. The Morgan fingerprint density at radius 1 is 1.25 bits per heavy atom. The predicted octanol–water partition coefficient (Wildman–Crippen LogP) is 2.19. The fourth-order valence-corrected chi connectivity index (χ4v) is 3.87. The van der Waals surface area contributed by atoms with Gasteiger partial charge >= 0.3 is 0 Å². The van der Waals surface area contributed by atoms with E-state index in [1.54, 1.807) is 0 Å². The number of sulfonamides is 1. The smallest absolute Gasteiger partial charge is 0.293 e. The van der Waals surface area contributed by atoms with E-state index in [0.29, 0.717) is 30.6 Å². The minimum Gasteiger partial charge on any atom is -0.382 e. The van der Waals surface area contributed by atoms with Crippen molar-refractivity contribution in [3.05, 3.63) is 69.9 Å². The van der Waals surface area contributed by atoms with Crippen LogP contribution in [0, 0.1) is 21.4 Å². The summed E-state index contributed by atoms with van der Waals surface area (Å²) in [5, 5.41) is 28.3. The van der Waals surface area contributed by atoms with Crippen LogP contribution in [-0.4, -0.2) is 36.7 Å². The Morgan fingerprint density at radius 3 is 2.59 bits per heavy atom. The van der Waals surface area contributed by atoms with Crippen molar-refractivity contribution in [3.8, 4) is 11.8 Å². The van der Waals surface area contributed by atoms with Crippen molar-refractivity contribution in [1.82, 2.24) is 14.5 Å². The fraction of sp³-hybridized carbons (Fsp3) is 0.200. The van der Waals surface area contributed by atoms with Gasteiger partial charge in [-0.1, -0.05) is 18.2 Å². The van der Waals surface area contributed by atoms with Crippen molar-refractivity contribution >= 4 is 27.2 Å². The third-order valence-corrected chi connectivity index (χ3v) is 6.17. The second-order valence-electron chi connectivity index (χ2n) is 6.74. The molecule has 1 heterocycles. The molecule has 0 atom stereocenters. The maximum Gasteiger partial charge on any atom is 0.293 e. The van der Waals surface area contributed by atoms with Gasteiger partial charge in [0, 0.05) is 12.6 Å². The van der Waals surface area contributed by atoms with Gasteiger partial charge in [0.15, 0.2) is 0 Å². The molecule has 4 N–H and O–H groups in total. The molecule has 0 spiro atoms. The number of anilines is 2. The number of rotatable bonds is 9. The van der Waals surface area contributed by atoms with E-state index in [2.05, 4.69) is 21.2 Å². The number of nitrogens with two attached hydrogens (primary N) is 1. The molecular weight excluding hydrogens is 434 g/mol. The minimum absolute atomic E-state index is 0.194. The first-order valence-electron chi connectivity index (χ1n) is 9.57. The van der Waals surface area contributed by atoms with E-state index in [1.165, 1.54) is 23.9 Å². The molecule has 12 heteroatoms. The van der Waals surface area contributed by atoms with Crippen LogP contribution in [0.4, 0.5) is 17.2 Å². The van der Waals surface area contributed by atoms with Gasteiger partial charge < -0.3 is 11.1 Å². The van der Waals surface area contributed by atoms with Crippen LogP contribution in [0.25, 0.3) is 5.69 Å². The van der Waals surface area contributed by atoms with Crippen molar-refractivity contribution in [1.29, 1.82) is 5.26 Å². The van der Waals surface area contributed by atoms with E-state index in [9.17, 15) is 23.8 Å². The number of hydrogen-bond acceptors (Lipinski definition) is 8. The van der Waals surface area contributed by atoms with Crippen LogP contribution in [0.3, 0.4) is 0 Å². The number of nitrogens with one attached hydrogen (secondary N) is 2. The van der Waals surface area contributed by atoms with Crippen molar-refractivity contribution < 1.29 is 13.3 Å². The number of hydrogen-bond donors (Lipinski definition) is 3. The van der Waals surface area contributed by atoms with Gasteiger partial charge in [0.1, 0.15) is 23.1 Å². The number of nitro groups is 1. The summed E-state index contributed by atoms with van der Waals surface area (Å²) < 4.78 is 27.4. The first-order valence-corrected chi connectivity index (χ1v) is 11.1. The SMILES string of the molecule is CNS(=O)(=O)c1ccc(NCCCc2nn(-c3ccccc3)c(N)c2C#N)c([N+](=O)[O-])c1. The summed E-state index contributed by atoms with van der Waals surface area (Å²) in [5.41, 5.74) is 7.49. The minimum atomic E-state index is -3.80. The quantitative estimate of drug-likeness (QED) is 0.250. The molecule has 0 unspecified atom stereocenters. The maximum atomic E-state index is 11.9. The summed E-state index contributed by atoms with van der Waals surface area (Å²) in [6.07, 6.45) is 0.924. The highest BCUT2D eigenvalue weighted by molar-refractivity contribution is 7.89. The lowest BCUT2D eigenvalue weighted by atomic mass is 10.1. The molecular formula is C20H21N7O4S. The number of nitro benzene ring substituents is 1. The van der Waals surface area contributed by atoms with Crippen LogP contribution >= 0.6 is 0 Å². The van der Waals surface area contributed by atoms with Crippen LogP contribution in [0.2, 0.25) is 0 Å². The molecule has 0 amide bonds. The lowest BCUT2D eigenvalue weighted by Crippen LogP contribution is -2.18. The molecule has 0 aliphatic rings. The van der Waals surface area contributed by atoms with Gasteiger partial charge in [-0.15, -0.1) is 0 Å². The van der Waals surface area contributed by atoms with Gasteiger partial charge in [0.25, 0.3) is 5.69 Å². The highest BCUT2D eigenvalue weighted by Crippen LogP contribution is 2.28. The highest BCUT2D eigenvalue weighted by atomic mass is 32.2. The topological polar surface area (TPSA) is 169 Å². The van der Waals surface area contributed by atoms with Gasteiger partial charge in [-0.2, -0.15) is 10.4 Å². The van der Waals surface area contributed by atoms with E-state index in [-0.39, 0.29) is 22.1 Å². The van der Waals surface area contributed by atoms with Gasteiger partial charge in [0.05, 0.1) is 21.2 Å². The average Bonchev–Trinajstić information content (AvgIpc) is 3.12. The van der Waals surface area contributed by atoms with E-state index in [1.807, 2.05) is 30.3 Å². The third-order valence-electron chi connectivity index (χ3n) is 4.76. The molecule has 3 aromatic rings. The van der Waals surface area contributed by atoms with Gasteiger partial charge in [0.2, 0.25) is 10.0 Å². The summed E-state index contributed by atoms with van der Waals surface area (Å²) >= 11 is 0. The zero-order valence-corrected chi connectivity index (χ0v) is 18.0. The van der Waals surface area contributed by atoms with Crippen LogP contribution in [0.5, 0.6) is 0 Å². The highest BCUT2D eigenvalue weighted by Gasteiger charge is 2.20. The Hall–Kier alpha value is -3.95. The van der Waals surface area contributed by atoms with Crippen molar-refractivity contribution in [2.45, 2.75) is 17.7 Å². The summed E-state index contributed by atoms with van der Waals surface area (Å²) in [6.45, 7) is 0.335. The molecule has 0 saturated heterocycles. The predicted molar refractivity (Wildman–Crippen MR) is 119 cm³/mol. The molecule has 0 radical (unpaired) electrons. The summed E-state index contributed by atoms with van der Waals surface area (Å²) in [5.74, 6) is 0.249. The second-order valence-corrected chi connectivity index (χ2v) is 8.63. The Kier molecular flexibility index (Phi) is 6.72. The number of aromatic nitrogens is 2. The van der Waals surface area contributed by atoms with Crippen molar-refractivity contribution in [2.24, 2.45) is 0 Å². The van der Waals surface area contributed by atoms with Gasteiger partial charge in [-0.05, 0) is 44.2 Å². The lowest BCUT2D eigenvalue weighted by Gasteiger charge is -2.09. The van der Waals surface area contributed by atoms with Gasteiger partial charge in [-0.3, -0.25) is 10.1 Å². The van der Waals surface area contributed by atoms with E-state index in [0.717, 1.165) is 11.8 Å². The summed E-state index contributed by atoms with van der Waals surface area (Å²) in [7, 11) is -2.57. The molecule has 0 fully saturated rings. The average molecular weight is 456 g/mol. The molecule has 0 aliphatic heterocycles. The van der Waals surface area contributed by atoms with Crippen molar-refractivity contribution in [3.63, 3.8) is 0 Å². The van der Waals surface area contributed by atoms with E-state index in [4.69, 9.17) is 5.73 Å². The summed E-state index contributed by atoms with van der Waals surface area (Å²) in [6, 6.07) is 14.9. The van der Waals surface area contributed by atoms with Crippen LogP contribution in [0.15, 0.2) is 53.4 Å². The zero-order chi connectivity index (χ0) is 23.3. The Morgan fingerprint density at radius 2 is 1.97 bits per heavy atom. The first kappa shape index (κ1) is 22.7. The third kappa shape index (κ3) is 4.69. The molecule has 0 bridgehead atoms. The number of para-hydroxylation sites is 1. The maximum absolute atomic E-state index is 11.9. The largest absolute Gasteiger partial charge is 0.382 e. The Labute approximate surface area is 184 Å². The molecule has 32 heavy (non-hydrogen) atoms. The van der Waals surface area contributed by atoms with Crippen LogP contribution < -0.4 is 15.8 Å². The number of aryl methyl sites for hydroxylation is 1. The number of benzene rings is 2. The first-order chi connectivity index (χ1) is 15.3. The van der Waals surface area contributed by atoms with Crippen LogP contribution in [0.1, 0.15) is 17.7 Å². The molecule has 11 nitrogen and oxygen atoms in total.